The molecule has 3 atom stereocenters. The van der Waals surface area contributed by atoms with Crippen molar-refractivity contribution >= 4 is 0 Å². The van der Waals surface area contributed by atoms with Gasteiger partial charge < -0.3 is 10.2 Å². The number of aryl methyl sites for hydroxylation is 1. The zero-order valence-corrected chi connectivity index (χ0v) is 14.3. The fourth-order valence-electron chi connectivity index (χ4n) is 5.15. The molecule has 0 bridgehead atoms. The molecule has 4 rings (SSSR count). The van der Waals surface area contributed by atoms with Crippen LogP contribution >= 0.6 is 0 Å². The summed E-state index contributed by atoms with van der Waals surface area (Å²) in [6, 6.07) is 16.6. The van der Waals surface area contributed by atoms with Crippen LogP contribution in [-0.2, 0) is 18.3 Å². The Bertz CT molecular complexity index is 735. The second-order valence-corrected chi connectivity index (χ2v) is 8.10. The van der Waals surface area contributed by atoms with Crippen molar-refractivity contribution in [2.24, 2.45) is 5.92 Å². The predicted octanol–water partition coefficient (Wildman–Crippen LogP) is 4.37. The van der Waals surface area contributed by atoms with E-state index in [4.69, 9.17) is 0 Å². The van der Waals surface area contributed by atoms with Crippen LogP contribution < -0.4 is 0 Å². The molecule has 0 amide bonds. The van der Waals surface area contributed by atoms with Crippen molar-refractivity contribution in [1.82, 2.24) is 0 Å². The van der Waals surface area contributed by atoms with Crippen molar-refractivity contribution in [3.05, 3.63) is 65.2 Å². The first-order valence-electron chi connectivity index (χ1n) is 9.07. The van der Waals surface area contributed by atoms with Crippen molar-refractivity contribution in [2.45, 2.75) is 56.5 Å². The van der Waals surface area contributed by atoms with Gasteiger partial charge in [0, 0.05) is 5.41 Å². The molecule has 1 saturated carbocycles. The third kappa shape index (κ3) is 2.63. The molecule has 2 aliphatic carbocycles. The van der Waals surface area contributed by atoms with Gasteiger partial charge in [0.15, 0.2) is 0 Å². The van der Waals surface area contributed by atoms with Gasteiger partial charge in [-0.15, -0.1) is 0 Å². The van der Waals surface area contributed by atoms with Gasteiger partial charge in [-0.2, -0.15) is 0 Å². The number of hydrogen-bond acceptors (Lipinski definition) is 2. The molecule has 2 heteroatoms. The fraction of sp³-hybridized carbons (Fsp3) is 0.455. The highest BCUT2D eigenvalue weighted by atomic mass is 16.3. The number of rotatable bonds is 2. The van der Waals surface area contributed by atoms with Crippen LogP contribution in [0, 0.1) is 5.92 Å². The van der Waals surface area contributed by atoms with Gasteiger partial charge in [-0.3, -0.25) is 0 Å². The van der Waals surface area contributed by atoms with Gasteiger partial charge >= 0.3 is 0 Å². The van der Waals surface area contributed by atoms with Crippen LogP contribution in [0.5, 0.6) is 5.75 Å². The fourth-order valence-corrected chi connectivity index (χ4v) is 5.15. The first-order valence-corrected chi connectivity index (χ1v) is 9.07. The summed E-state index contributed by atoms with van der Waals surface area (Å²) in [5.41, 5.74) is 3.61. The van der Waals surface area contributed by atoms with Crippen LogP contribution in [0.25, 0.3) is 0 Å². The first-order chi connectivity index (χ1) is 11.5. The molecule has 0 aliphatic heterocycles. The summed E-state index contributed by atoms with van der Waals surface area (Å²) < 4.78 is 0. The van der Waals surface area contributed by atoms with E-state index in [1.54, 1.807) is 0 Å². The van der Waals surface area contributed by atoms with Gasteiger partial charge in [-0.25, -0.2) is 0 Å². The molecule has 2 aromatic rings. The first kappa shape index (κ1) is 15.7. The summed E-state index contributed by atoms with van der Waals surface area (Å²) in [5.74, 6) is 0.864. The number of benzene rings is 2. The molecule has 2 N–H and O–H groups in total. The van der Waals surface area contributed by atoms with Crippen molar-refractivity contribution in [3.8, 4) is 5.75 Å². The minimum absolute atomic E-state index is 0.0882. The van der Waals surface area contributed by atoms with E-state index in [0.29, 0.717) is 11.7 Å². The maximum absolute atomic E-state index is 10.6. The van der Waals surface area contributed by atoms with E-state index in [9.17, 15) is 10.2 Å². The molecule has 0 heterocycles. The van der Waals surface area contributed by atoms with Gasteiger partial charge in [-0.1, -0.05) is 36.4 Å². The van der Waals surface area contributed by atoms with E-state index in [0.717, 1.165) is 38.5 Å². The molecule has 0 spiro atoms. The van der Waals surface area contributed by atoms with E-state index < -0.39 is 5.60 Å². The highest BCUT2D eigenvalue weighted by molar-refractivity contribution is 5.44. The molecule has 24 heavy (non-hydrogen) atoms. The average molecular weight is 322 g/mol. The van der Waals surface area contributed by atoms with Gasteiger partial charge in [0.25, 0.3) is 0 Å². The average Bonchev–Trinajstić information content (AvgIpc) is 2.56. The van der Waals surface area contributed by atoms with Gasteiger partial charge in [0.05, 0.1) is 5.60 Å². The zero-order chi connectivity index (χ0) is 16.8. The van der Waals surface area contributed by atoms with Crippen LogP contribution in [0.1, 0.15) is 49.3 Å². The van der Waals surface area contributed by atoms with E-state index in [1.165, 1.54) is 16.7 Å². The minimum Gasteiger partial charge on any atom is -0.508 e. The third-order valence-corrected chi connectivity index (χ3v) is 6.33. The Kier molecular flexibility index (Phi) is 3.69. The molecule has 2 aromatic carbocycles. The molecular weight excluding hydrogens is 296 g/mol. The molecule has 0 radical (unpaired) electrons. The standard InChI is InChI=1S/C22H26O2/c1-21(24)11-12-22(14-16-5-3-2-4-6-16)18(15-21)8-7-17-13-19(23)9-10-20(17)22/h2-6,9-10,13,18,23-24H,7-8,11-12,14-15H2,1H3/t18-,21+,22-/m0/s1. The third-order valence-electron chi connectivity index (χ3n) is 6.33. The largest absolute Gasteiger partial charge is 0.508 e. The topological polar surface area (TPSA) is 40.5 Å². The zero-order valence-electron chi connectivity index (χ0n) is 14.3. The second kappa shape index (κ2) is 5.63. The maximum atomic E-state index is 10.6. The highest BCUT2D eigenvalue weighted by Gasteiger charge is 2.50. The molecule has 1 fully saturated rings. The van der Waals surface area contributed by atoms with E-state index >= 15 is 0 Å². The van der Waals surface area contributed by atoms with Crippen LogP contribution in [0.3, 0.4) is 0 Å². The Morgan fingerprint density at radius 1 is 1.08 bits per heavy atom. The molecule has 126 valence electrons. The molecule has 2 aliphatic rings. The summed E-state index contributed by atoms with van der Waals surface area (Å²) in [6.45, 7) is 1.99. The molecule has 0 unspecified atom stereocenters. The monoisotopic (exact) mass is 322 g/mol. The Balaban J connectivity index is 1.81. The quantitative estimate of drug-likeness (QED) is 0.862. The lowest BCUT2D eigenvalue weighted by Crippen LogP contribution is -2.50. The molecule has 0 saturated heterocycles. The number of phenols is 1. The lowest BCUT2D eigenvalue weighted by atomic mass is 9.53. The Morgan fingerprint density at radius 3 is 2.67 bits per heavy atom. The van der Waals surface area contributed by atoms with Gasteiger partial charge in [0.1, 0.15) is 5.75 Å². The summed E-state index contributed by atoms with van der Waals surface area (Å²) in [7, 11) is 0. The summed E-state index contributed by atoms with van der Waals surface area (Å²) >= 11 is 0. The normalized spacial score (nSPS) is 32.0. The summed E-state index contributed by atoms with van der Waals surface area (Å²) in [4.78, 5) is 0. The van der Waals surface area contributed by atoms with Crippen molar-refractivity contribution in [3.63, 3.8) is 0 Å². The smallest absolute Gasteiger partial charge is 0.115 e. The highest BCUT2D eigenvalue weighted by Crippen LogP contribution is 2.54. The number of hydrogen-bond donors (Lipinski definition) is 2. The van der Waals surface area contributed by atoms with E-state index in [2.05, 4.69) is 36.4 Å². The van der Waals surface area contributed by atoms with Crippen molar-refractivity contribution in [2.75, 3.05) is 0 Å². The maximum Gasteiger partial charge on any atom is 0.115 e. The molecule has 2 nitrogen and oxygen atoms in total. The van der Waals surface area contributed by atoms with E-state index in [1.807, 2.05) is 19.1 Å². The van der Waals surface area contributed by atoms with Crippen LogP contribution in [0.2, 0.25) is 0 Å². The summed E-state index contributed by atoms with van der Waals surface area (Å²) in [6.07, 6.45) is 5.85. The van der Waals surface area contributed by atoms with Gasteiger partial charge in [0.2, 0.25) is 0 Å². The Hall–Kier alpha value is -1.80. The lowest BCUT2D eigenvalue weighted by molar-refractivity contribution is -0.0367. The predicted molar refractivity (Wildman–Crippen MR) is 96.2 cm³/mol. The number of aromatic hydroxyl groups is 1. The van der Waals surface area contributed by atoms with E-state index in [-0.39, 0.29) is 5.41 Å². The van der Waals surface area contributed by atoms with Crippen LogP contribution in [0.4, 0.5) is 0 Å². The number of aliphatic hydroxyl groups is 1. The number of fused-ring (bicyclic) bond motifs is 3. The Labute approximate surface area is 144 Å². The van der Waals surface area contributed by atoms with Crippen LogP contribution in [-0.4, -0.2) is 15.8 Å². The molecular formula is C22H26O2. The Morgan fingerprint density at radius 2 is 1.88 bits per heavy atom. The minimum atomic E-state index is -0.542. The van der Waals surface area contributed by atoms with Crippen LogP contribution in [0.15, 0.2) is 48.5 Å². The van der Waals surface area contributed by atoms with Crippen molar-refractivity contribution in [1.29, 1.82) is 0 Å². The second-order valence-electron chi connectivity index (χ2n) is 8.10. The molecule has 0 aromatic heterocycles. The van der Waals surface area contributed by atoms with Crippen molar-refractivity contribution < 1.29 is 10.2 Å². The number of phenolic OH excluding ortho intramolecular Hbond substituents is 1. The summed E-state index contributed by atoms with van der Waals surface area (Å²) in [5, 5.41) is 20.5. The lowest BCUT2D eigenvalue weighted by Gasteiger charge is -2.52. The SMILES string of the molecule is C[C@@]1(O)CC[C@@]2(Cc3ccccc3)c3ccc(O)cc3CC[C@H]2C1. The van der Waals surface area contributed by atoms with Gasteiger partial charge in [-0.05, 0) is 80.2 Å².